The molecule has 0 atom stereocenters. The van der Waals surface area contributed by atoms with Crippen LogP contribution >= 0.6 is 0 Å². The van der Waals surface area contributed by atoms with Crippen molar-refractivity contribution < 1.29 is 0 Å². The van der Waals surface area contributed by atoms with Crippen molar-refractivity contribution in [1.82, 2.24) is 4.40 Å². The summed E-state index contributed by atoms with van der Waals surface area (Å²) in [6.07, 6.45) is 2.07. The van der Waals surface area contributed by atoms with Crippen LogP contribution in [0.3, 0.4) is 0 Å². The lowest BCUT2D eigenvalue weighted by Gasteiger charge is -2.11. The third-order valence-electron chi connectivity index (χ3n) is 2.00. The van der Waals surface area contributed by atoms with Crippen LogP contribution in [0, 0.1) is 0 Å². The minimum absolute atomic E-state index is 1.21. The summed E-state index contributed by atoms with van der Waals surface area (Å²) in [6.45, 7) is 0. The van der Waals surface area contributed by atoms with Crippen LogP contribution in [0.2, 0.25) is 0 Å². The zero-order valence-electron chi connectivity index (χ0n) is 7.36. The van der Waals surface area contributed by atoms with E-state index >= 15 is 0 Å². The molecule has 0 aliphatic heterocycles. The minimum Gasteiger partial charge on any atom is -0.364 e. The lowest BCUT2D eigenvalue weighted by Crippen LogP contribution is -2.10. The summed E-state index contributed by atoms with van der Waals surface area (Å²) in [6, 6.07) is 10.4. The molecule has 0 bridgehead atoms. The maximum absolute atomic E-state index is 2.17. The van der Waals surface area contributed by atoms with E-state index in [9.17, 15) is 0 Å². The number of fused-ring (bicyclic) bond motifs is 1. The Morgan fingerprint density at radius 3 is 2.67 bits per heavy atom. The molecule has 2 aromatic heterocycles. The van der Waals surface area contributed by atoms with Gasteiger partial charge in [-0.3, -0.25) is 0 Å². The molecule has 2 rings (SSSR count). The van der Waals surface area contributed by atoms with E-state index in [2.05, 4.69) is 53.9 Å². The van der Waals surface area contributed by atoms with Crippen molar-refractivity contribution in [2.45, 2.75) is 0 Å². The molecule has 0 fully saturated rings. The Hall–Kier alpha value is -1.44. The Morgan fingerprint density at radius 2 is 1.92 bits per heavy atom. The van der Waals surface area contributed by atoms with Gasteiger partial charge in [0.25, 0.3) is 0 Å². The maximum Gasteiger partial charge on any atom is 0.112 e. The van der Waals surface area contributed by atoms with Crippen molar-refractivity contribution in [3.8, 4) is 0 Å². The smallest absolute Gasteiger partial charge is 0.112 e. The van der Waals surface area contributed by atoms with E-state index in [-0.39, 0.29) is 0 Å². The second-order valence-corrected chi connectivity index (χ2v) is 3.08. The van der Waals surface area contributed by atoms with Crippen LogP contribution in [0.4, 0.5) is 5.82 Å². The van der Waals surface area contributed by atoms with Crippen molar-refractivity contribution in [2.24, 2.45) is 0 Å². The van der Waals surface area contributed by atoms with Gasteiger partial charge in [0.1, 0.15) is 5.82 Å². The number of hydrogen-bond acceptors (Lipinski definition) is 1. The molecule has 12 heavy (non-hydrogen) atoms. The zero-order chi connectivity index (χ0) is 8.55. The summed E-state index contributed by atoms with van der Waals surface area (Å²) in [4.78, 5) is 2.10. The van der Waals surface area contributed by atoms with Crippen LogP contribution in [-0.4, -0.2) is 18.5 Å². The summed E-state index contributed by atoms with van der Waals surface area (Å²) in [5.41, 5.74) is 1.24. The van der Waals surface area contributed by atoms with E-state index in [0.29, 0.717) is 0 Å². The lowest BCUT2D eigenvalue weighted by molar-refractivity contribution is 1.04. The third-order valence-corrected chi connectivity index (χ3v) is 2.00. The van der Waals surface area contributed by atoms with Gasteiger partial charge >= 0.3 is 0 Å². The molecule has 0 saturated carbocycles. The summed E-state index contributed by atoms with van der Waals surface area (Å²) in [5, 5.41) is 0. The van der Waals surface area contributed by atoms with Crippen LogP contribution in [0.15, 0.2) is 36.5 Å². The monoisotopic (exact) mass is 160 g/mol. The fraction of sp³-hybridized carbons (Fsp3) is 0.200. The summed E-state index contributed by atoms with van der Waals surface area (Å²) in [5.74, 6) is 1.21. The van der Waals surface area contributed by atoms with Gasteiger partial charge in [-0.25, -0.2) is 0 Å². The Balaban J connectivity index is 2.70. The number of pyridine rings is 1. The average Bonchev–Trinajstić information content (AvgIpc) is 2.47. The average molecular weight is 160 g/mol. The van der Waals surface area contributed by atoms with Crippen LogP contribution in [-0.2, 0) is 0 Å². The topological polar surface area (TPSA) is 7.65 Å². The van der Waals surface area contributed by atoms with Gasteiger partial charge in [-0.15, -0.1) is 0 Å². The molecule has 0 saturated heterocycles. The van der Waals surface area contributed by atoms with Gasteiger partial charge in [0.05, 0.1) is 0 Å². The molecule has 0 aliphatic rings. The number of hydrogen-bond donors (Lipinski definition) is 0. The van der Waals surface area contributed by atoms with Crippen molar-refractivity contribution in [1.29, 1.82) is 0 Å². The van der Waals surface area contributed by atoms with Gasteiger partial charge in [-0.05, 0) is 24.3 Å². The molecule has 0 unspecified atom stereocenters. The first kappa shape index (κ1) is 7.22. The second-order valence-electron chi connectivity index (χ2n) is 3.08. The minimum atomic E-state index is 1.21. The first-order chi connectivity index (χ1) is 5.79. The Bertz CT molecular complexity index is 387. The van der Waals surface area contributed by atoms with E-state index < -0.39 is 0 Å². The molecule has 2 nitrogen and oxygen atoms in total. The molecule has 0 aliphatic carbocycles. The van der Waals surface area contributed by atoms with Gasteiger partial charge in [-0.1, -0.05) is 6.07 Å². The molecular formula is C10H12N2. The molecule has 2 heteroatoms. The summed E-state index contributed by atoms with van der Waals surface area (Å²) in [7, 11) is 4.10. The van der Waals surface area contributed by atoms with Crippen LogP contribution in [0.5, 0.6) is 0 Å². The van der Waals surface area contributed by atoms with Gasteiger partial charge in [0.15, 0.2) is 0 Å². The number of aromatic nitrogens is 1. The van der Waals surface area contributed by atoms with Crippen LogP contribution < -0.4 is 4.90 Å². The molecule has 0 N–H and O–H groups in total. The van der Waals surface area contributed by atoms with E-state index in [1.165, 1.54) is 11.3 Å². The standard InChI is InChI=1S/C10H12N2/c1-11(2)10-7-6-9-5-3-4-8-12(9)10/h3-8H,1-2H3. The molecule has 2 heterocycles. The van der Waals surface area contributed by atoms with Crippen LogP contribution in [0.1, 0.15) is 0 Å². The quantitative estimate of drug-likeness (QED) is 0.619. The predicted octanol–water partition coefficient (Wildman–Crippen LogP) is 2.01. The fourth-order valence-electron chi connectivity index (χ4n) is 1.41. The highest BCUT2D eigenvalue weighted by Gasteiger charge is 2.00. The number of rotatable bonds is 1. The van der Waals surface area contributed by atoms with Crippen molar-refractivity contribution >= 4 is 11.3 Å². The van der Waals surface area contributed by atoms with Crippen molar-refractivity contribution in [3.63, 3.8) is 0 Å². The molecule has 0 aromatic carbocycles. The molecular weight excluding hydrogens is 148 g/mol. The number of nitrogens with zero attached hydrogens (tertiary/aromatic N) is 2. The summed E-state index contributed by atoms with van der Waals surface area (Å²) < 4.78 is 2.17. The Morgan fingerprint density at radius 1 is 1.08 bits per heavy atom. The lowest BCUT2D eigenvalue weighted by atomic mass is 10.4. The van der Waals surface area contributed by atoms with Gasteiger partial charge in [0.2, 0.25) is 0 Å². The maximum atomic E-state index is 2.17. The largest absolute Gasteiger partial charge is 0.364 e. The van der Waals surface area contributed by atoms with E-state index in [1.54, 1.807) is 0 Å². The van der Waals surface area contributed by atoms with E-state index in [4.69, 9.17) is 0 Å². The number of anilines is 1. The third kappa shape index (κ3) is 0.961. The zero-order valence-corrected chi connectivity index (χ0v) is 7.36. The van der Waals surface area contributed by atoms with Gasteiger partial charge in [0, 0.05) is 25.8 Å². The molecule has 2 aromatic rings. The van der Waals surface area contributed by atoms with Crippen molar-refractivity contribution in [2.75, 3.05) is 19.0 Å². The SMILES string of the molecule is CN(C)c1ccc2ccccn12. The second kappa shape index (κ2) is 2.55. The van der Waals surface area contributed by atoms with E-state index in [1.807, 2.05) is 6.07 Å². The molecule has 0 radical (unpaired) electrons. The molecule has 62 valence electrons. The first-order valence-corrected chi connectivity index (χ1v) is 4.02. The summed E-state index contributed by atoms with van der Waals surface area (Å²) >= 11 is 0. The highest BCUT2D eigenvalue weighted by molar-refractivity contribution is 5.58. The Kier molecular flexibility index (Phi) is 1.54. The fourth-order valence-corrected chi connectivity index (χ4v) is 1.41. The predicted molar refractivity (Wildman–Crippen MR) is 51.7 cm³/mol. The van der Waals surface area contributed by atoms with Gasteiger partial charge < -0.3 is 9.30 Å². The highest BCUT2D eigenvalue weighted by atomic mass is 15.2. The normalized spacial score (nSPS) is 10.5. The van der Waals surface area contributed by atoms with E-state index in [0.717, 1.165) is 0 Å². The first-order valence-electron chi connectivity index (χ1n) is 4.02. The van der Waals surface area contributed by atoms with Crippen LogP contribution in [0.25, 0.3) is 5.52 Å². The van der Waals surface area contributed by atoms with Crippen molar-refractivity contribution in [3.05, 3.63) is 36.5 Å². The highest BCUT2D eigenvalue weighted by Crippen LogP contribution is 2.16. The molecule has 0 amide bonds. The molecule has 0 spiro atoms. The van der Waals surface area contributed by atoms with Gasteiger partial charge in [-0.2, -0.15) is 0 Å². The Labute approximate surface area is 72.0 Å².